The van der Waals surface area contributed by atoms with E-state index < -0.39 is 81.9 Å². The van der Waals surface area contributed by atoms with Gasteiger partial charge in [0.25, 0.3) is 0 Å². The van der Waals surface area contributed by atoms with E-state index in [1.807, 2.05) is 0 Å². The summed E-state index contributed by atoms with van der Waals surface area (Å²) in [5.41, 5.74) is -3.12. The van der Waals surface area contributed by atoms with Crippen LogP contribution in [0.25, 0.3) is 11.1 Å². The lowest BCUT2D eigenvalue weighted by molar-refractivity contribution is -0.222. The maximum absolute atomic E-state index is 14.9. The highest BCUT2D eigenvalue weighted by Crippen LogP contribution is 2.39. The van der Waals surface area contributed by atoms with Crippen molar-refractivity contribution in [2.45, 2.75) is 76.6 Å². The second-order valence-electron chi connectivity index (χ2n) is 11.0. The monoisotopic (exact) mass is 652 g/mol. The van der Waals surface area contributed by atoms with E-state index in [0.717, 1.165) is 50.7 Å². The maximum Gasteiger partial charge on any atom is 0.432 e. The van der Waals surface area contributed by atoms with E-state index in [-0.39, 0.29) is 18.2 Å². The van der Waals surface area contributed by atoms with Crippen molar-refractivity contribution in [1.29, 1.82) is 0 Å². The zero-order valence-electron chi connectivity index (χ0n) is 24.1. The quantitative estimate of drug-likeness (QED) is 0.105. The molecule has 0 bridgehead atoms. The van der Waals surface area contributed by atoms with Crippen molar-refractivity contribution in [1.82, 2.24) is 0 Å². The number of alkyl halides is 4. The van der Waals surface area contributed by atoms with Gasteiger partial charge < -0.3 is 14.2 Å². The molecule has 1 saturated carbocycles. The van der Waals surface area contributed by atoms with E-state index >= 15 is 0 Å². The third-order valence-corrected chi connectivity index (χ3v) is 7.55. The van der Waals surface area contributed by atoms with Crippen molar-refractivity contribution < 1.29 is 58.1 Å². The summed E-state index contributed by atoms with van der Waals surface area (Å²) in [5.74, 6) is -12.2. The van der Waals surface area contributed by atoms with Gasteiger partial charge in [0.15, 0.2) is 24.1 Å². The Bertz CT molecular complexity index is 1430. The lowest BCUT2D eigenvalue weighted by Gasteiger charge is -2.29. The predicted octanol–water partition coefficient (Wildman–Crippen LogP) is 10.4. The number of halogens is 10. The molecular weight excluding hydrogens is 622 g/mol. The van der Waals surface area contributed by atoms with Gasteiger partial charge in [-0.25, -0.2) is 26.3 Å². The zero-order valence-corrected chi connectivity index (χ0v) is 24.1. The fourth-order valence-corrected chi connectivity index (χ4v) is 5.28. The largest absolute Gasteiger partial charge is 0.432 e. The molecule has 3 nitrogen and oxygen atoms in total. The molecule has 1 aliphatic rings. The van der Waals surface area contributed by atoms with E-state index in [0.29, 0.717) is 37.0 Å². The Morgan fingerprint density at radius 2 is 1.29 bits per heavy atom. The van der Waals surface area contributed by atoms with Crippen LogP contribution in [0.4, 0.5) is 43.9 Å². The van der Waals surface area contributed by atoms with Crippen molar-refractivity contribution in [3.8, 4) is 22.6 Å². The summed E-state index contributed by atoms with van der Waals surface area (Å²) in [6.07, 6.45) is -1.45. The Kier molecular flexibility index (Phi) is 10.9. The van der Waals surface area contributed by atoms with Crippen molar-refractivity contribution in [3.63, 3.8) is 0 Å². The molecule has 3 aromatic carbocycles. The lowest BCUT2D eigenvalue weighted by atomic mass is 9.84. The van der Waals surface area contributed by atoms with Crippen molar-refractivity contribution in [3.05, 3.63) is 82.9 Å². The lowest BCUT2D eigenvalue weighted by Crippen LogP contribution is -2.34. The number of benzene rings is 3. The highest BCUT2D eigenvalue weighted by atomic mass is 19.3. The van der Waals surface area contributed by atoms with Gasteiger partial charge in [-0.15, -0.1) is 0 Å². The SMILES string of the molecule is CCCCCC1CCC(OCC(F)(F)Oc2ccc(-c3cc(F)c(C(F)(F)Oc4cc(F)c(F)c(F)c4)c(F)c3)c(F)c2)CC1. The van der Waals surface area contributed by atoms with Crippen LogP contribution in [0.1, 0.15) is 63.9 Å². The fourth-order valence-electron chi connectivity index (χ4n) is 5.28. The number of hydrogen-bond donors (Lipinski definition) is 0. The Hall–Kier alpha value is -3.48. The van der Waals surface area contributed by atoms with Gasteiger partial charge in [0.2, 0.25) is 0 Å². The summed E-state index contributed by atoms with van der Waals surface area (Å²) in [6.45, 7) is 1.05. The second-order valence-corrected chi connectivity index (χ2v) is 11.0. The van der Waals surface area contributed by atoms with Crippen LogP contribution in [0.15, 0.2) is 42.5 Å². The normalized spacial score (nSPS) is 17.4. The molecule has 0 radical (unpaired) electrons. The molecule has 0 spiro atoms. The molecular formula is C32H30F10O3. The first-order valence-corrected chi connectivity index (χ1v) is 14.4. The van der Waals surface area contributed by atoms with Crippen LogP contribution in [0.5, 0.6) is 11.5 Å². The minimum Gasteiger partial charge on any atom is -0.431 e. The summed E-state index contributed by atoms with van der Waals surface area (Å²) in [7, 11) is 0. The van der Waals surface area contributed by atoms with Crippen LogP contribution in [0, 0.1) is 40.8 Å². The molecule has 0 amide bonds. The molecule has 4 rings (SSSR count). The first-order chi connectivity index (χ1) is 21.2. The highest BCUT2D eigenvalue weighted by Gasteiger charge is 2.42. The van der Waals surface area contributed by atoms with Crippen LogP contribution >= 0.6 is 0 Å². The molecule has 0 heterocycles. The summed E-state index contributed by atoms with van der Waals surface area (Å²) < 4.78 is 156. The summed E-state index contributed by atoms with van der Waals surface area (Å²) in [6, 6.07) is 3.02. The zero-order chi connectivity index (χ0) is 32.9. The Balaban J connectivity index is 1.40. The van der Waals surface area contributed by atoms with Gasteiger partial charge >= 0.3 is 12.2 Å². The highest BCUT2D eigenvalue weighted by molar-refractivity contribution is 5.66. The summed E-state index contributed by atoms with van der Waals surface area (Å²) in [4.78, 5) is 0. The van der Waals surface area contributed by atoms with Crippen molar-refractivity contribution in [2.24, 2.45) is 5.92 Å². The summed E-state index contributed by atoms with van der Waals surface area (Å²) >= 11 is 0. The van der Waals surface area contributed by atoms with Gasteiger partial charge in [-0.05, 0) is 61.4 Å². The van der Waals surface area contributed by atoms with Gasteiger partial charge in [0.1, 0.15) is 34.5 Å². The smallest absolute Gasteiger partial charge is 0.431 e. The molecule has 45 heavy (non-hydrogen) atoms. The second kappa shape index (κ2) is 14.3. The van der Waals surface area contributed by atoms with Crippen LogP contribution in [0.3, 0.4) is 0 Å². The minimum atomic E-state index is -4.85. The van der Waals surface area contributed by atoms with E-state index in [1.165, 1.54) is 0 Å². The van der Waals surface area contributed by atoms with Crippen molar-refractivity contribution >= 4 is 0 Å². The first kappa shape index (κ1) is 34.4. The molecule has 0 saturated heterocycles. The Labute approximate surface area is 253 Å². The van der Waals surface area contributed by atoms with E-state index in [9.17, 15) is 43.9 Å². The van der Waals surface area contributed by atoms with Crippen LogP contribution in [0.2, 0.25) is 0 Å². The molecule has 1 aliphatic carbocycles. The van der Waals surface area contributed by atoms with Gasteiger partial charge in [0, 0.05) is 23.8 Å². The molecule has 0 aliphatic heterocycles. The van der Waals surface area contributed by atoms with Crippen molar-refractivity contribution in [2.75, 3.05) is 6.61 Å². The maximum atomic E-state index is 14.9. The molecule has 1 fully saturated rings. The first-order valence-electron chi connectivity index (χ1n) is 14.4. The van der Waals surface area contributed by atoms with Crippen LogP contribution in [-0.4, -0.2) is 18.8 Å². The number of hydrogen-bond acceptors (Lipinski definition) is 3. The number of rotatable bonds is 13. The molecule has 13 heteroatoms. The van der Waals surface area contributed by atoms with Gasteiger partial charge in [-0.3, -0.25) is 0 Å². The van der Waals surface area contributed by atoms with E-state index in [4.69, 9.17) is 4.74 Å². The number of ether oxygens (including phenoxy) is 3. The van der Waals surface area contributed by atoms with E-state index in [1.54, 1.807) is 0 Å². The van der Waals surface area contributed by atoms with Crippen LogP contribution in [-0.2, 0) is 10.8 Å². The molecule has 246 valence electrons. The average Bonchev–Trinajstić information content (AvgIpc) is 2.94. The van der Waals surface area contributed by atoms with Crippen LogP contribution < -0.4 is 9.47 Å². The molecule has 3 aromatic rings. The van der Waals surface area contributed by atoms with E-state index in [2.05, 4.69) is 16.4 Å². The average molecular weight is 653 g/mol. The predicted molar refractivity (Wildman–Crippen MR) is 144 cm³/mol. The van der Waals surface area contributed by atoms with Gasteiger partial charge in [0.05, 0.1) is 6.10 Å². The van der Waals surface area contributed by atoms with Gasteiger partial charge in [-0.2, -0.15) is 17.6 Å². The summed E-state index contributed by atoms with van der Waals surface area (Å²) in [5, 5.41) is 0. The Morgan fingerprint density at radius 1 is 0.689 bits per heavy atom. The minimum absolute atomic E-state index is 0.0472. The number of unbranched alkanes of at least 4 members (excludes halogenated alkanes) is 2. The molecule has 0 unspecified atom stereocenters. The third kappa shape index (κ3) is 8.83. The topological polar surface area (TPSA) is 27.7 Å². The fraction of sp³-hybridized carbons (Fsp3) is 0.438. The van der Waals surface area contributed by atoms with Gasteiger partial charge in [-0.1, -0.05) is 32.6 Å². The molecule has 0 N–H and O–H groups in total. The third-order valence-electron chi connectivity index (χ3n) is 7.55. The standard InChI is InChI=1S/C32H30F10O3/c1-2-3-4-5-18-6-8-20(9-7-18)43-17-31(39,40)44-21-10-11-23(24(33)14-21)19-12-25(34)29(26(35)13-19)32(41,42)45-22-15-27(36)30(38)28(37)16-22/h10-16,18,20H,2-9,17H2,1H3. The molecule has 0 atom stereocenters. The molecule has 0 aromatic heterocycles. The Morgan fingerprint density at radius 3 is 1.87 bits per heavy atom.